The Labute approximate surface area is 173 Å². The van der Waals surface area contributed by atoms with Crippen LogP contribution in [0.1, 0.15) is 41.9 Å². The number of fused-ring (bicyclic) bond motifs is 1. The molecule has 0 bridgehead atoms. The molecule has 0 radical (unpaired) electrons. The van der Waals surface area contributed by atoms with Gasteiger partial charge in [-0.15, -0.1) is 5.10 Å². The van der Waals surface area contributed by atoms with Crippen LogP contribution in [-0.4, -0.2) is 20.5 Å². The highest BCUT2D eigenvalue weighted by atomic mass is 35.5. The number of nitrogens with one attached hydrogen (secondary N) is 1. The summed E-state index contributed by atoms with van der Waals surface area (Å²) < 4.78 is 46.4. The normalized spacial score (nSPS) is 21.3. The lowest BCUT2D eigenvalue weighted by molar-refractivity contribution is -0.145. The number of hydrogen-bond donors (Lipinski definition) is 1. The van der Waals surface area contributed by atoms with Crippen molar-refractivity contribution in [1.29, 1.82) is 0 Å². The molecule has 1 aromatic carbocycles. The molecule has 0 unspecified atom stereocenters. The molecular formula is C20H14ClF3N4O2. The summed E-state index contributed by atoms with van der Waals surface area (Å²) >= 11 is 6.12. The van der Waals surface area contributed by atoms with Gasteiger partial charge in [-0.05, 0) is 36.2 Å². The van der Waals surface area contributed by atoms with Gasteiger partial charge in [0.2, 0.25) is 5.95 Å². The number of anilines is 1. The lowest BCUT2D eigenvalue weighted by atomic mass is 9.79. The Bertz CT molecular complexity index is 1170. The predicted octanol–water partition coefficient (Wildman–Crippen LogP) is 4.96. The third-order valence-corrected chi connectivity index (χ3v) is 5.52. The van der Waals surface area contributed by atoms with E-state index in [4.69, 9.17) is 16.0 Å². The van der Waals surface area contributed by atoms with Crippen LogP contribution in [0.2, 0.25) is 5.02 Å². The quantitative estimate of drug-likeness (QED) is 0.617. The van der Waals surface area contributed by atoms with Crippen molar-refractivity contribution in [2.45, 2.75) is 31.0 Å². The van der Waals surface area contributed by atoms with E-state index in [0.717, 1.165) is 4.68 Å². The molecule has 0 fully saturated rings. The Hall–Kier alpha value is -3.07. The van der Waals surface area contributed by atoms with Crippen LogP contribution in [0.4, 0.5) is 19.1 Å². The fourth-order valence-corrected chi connectivity index (χ4v) is 4.24. The topological polar surface area (TPSA) is 73.0 Å². The molecule has 5 rings (SSSR count). The fraction of sp³-hybridized carbons (Fsp3) is 0.250. The number of rotatable bonds is 2. The summed E-state index contributed by atoms with van der Waals surface area (Å²) in [6.07, 6.45) is -2.60. The molecule has 0 amide bonds. The molecule has 10 heteroatoms. The van der Waals surface area contributed by atoms with Gasteiger partial charge in [0.25, 0.3) is 5.82 Å². The van der Waals surface area contributed by atoms with Crippen LogP contribution >= 0.6 is 11.6 Å². The minimum absolute atomic E-state index is 0.0704. The third kappa shape index (κ3) is 3.09. The third-order valence-electron chi connectivity index (χ3n) is 5.28. The summed E-state index contributed by atoms with van der Waals surface area (Å²) in [5.41, 5.74) is 1.44. The average Bonchev–Trinajstić information content (AvgIpc) is 3.35. The highest BCUT2D eigenvalue weighted by molar-refractivity contribution is 6.30. The van der Waals surface area contributed by atoms with Crippen LogP contribution in [0.25, 0.3) is 0 Å². The molecule has 2 atom stereocenters. The van der Waals surface area contributed by atoms with Crippen LogP contribution in [0, 0.1) is 0 Å². The number of nitrogens with zero attached hydrogens (tertiary/aromatic N) is 3. The Morgan fingerprint density at radius 1 is 1.20 bits per heavy atom. The number of halogens is 4. The first kappa shape index (κ1) is 18.9. The first-order valence-electron chi connectivity index (χ1n) is 9.17. The monoisotopic (exact) mass is 434 g/mol. The van der Waals surface area contributed by atoms with Gasteiger partial charge in [-0.1, -0.05) is 23.7 Å². The number of hydrogen-bond acceptors (Lipinski definition) is 5. The number of ketones is 1. The molecule has 1 aliphatic carbocycles. The second-order valence-corrected chi connectivity index (χ2v) is 7.66. The summed E-state index contributed by atoms with van der Waals surface area (Å²) in [4.78, 5) is 16.8. The molecule has 0 saturated heterocycles. The minimum Gasteiger partial charge on any atom is -0.469 e. The van der Waals surface area contributed by atoms with Crippen molar-refractivity contribution in [2.75, 3.05) is 5.32 Å². The first-order chi connectivity index (χ1) is 14.3. The number of alkyl halides is 3. The van der Waals surface area contributed by atoms with E-state index in [1.165, 1.54) is 6.26 Å². The average molecular weight is 435 g/mol. The summed E-state index contributed by atoms with van der Waals surface area (Å²) in [5.74, 6) is -1.09. The molecule has 1 aliphatic heterocycles. The number of allylic oxidation sites excluding steroid dienone is 2. The van der Waals surface area contributed by atoms with Crippen molar-refractivity contribution in [3.8, 4) is 0 Å². The SMILES string of the molecule is O=C1C[C@H](c2ccco2)CC2=C1[C@@H](c1cccc(Cl)c1)n1nc(C(F)(F)F)nc1N2. The molecule has 1 N–H and O–H groups in total. The van der Waals surface area contributed by atoms with Crippen molar-refractivity contribution >= 4 is 23.3 Å². The van der Waals surface area contributed by atoms with E-state index in [2.05, 4.69) is 15.4 Å². The van der Waals surface area contributed by atoms with Gasteiger partial charge in [0.05, 0.1) is 6.26 Å². The maximum Gasteiger partial charge on any atom is 0.453 e. The van der Waals surface area contributed by atoms with Gasteiger partial charge in [0, 0.05) is 28.6 Å². The van der Waals surface area contributed by atoms with E-state index in [0.29, 0.717) is 34.0 Å². The molecule has 3 heterocycles. The largest absolute Gasteiger partial charge is 0.469 e. The second kappa shape index (κ2) is 6.73. The summed E-state index contributed by atoms with van der Waals surface area (Å²) in [5, 5.41) is 6.98. The molecule has 0 spiro atoms. The molecule has 2 aliphatic rings. The molecule has 0 saturated carbocycles. The van der Waals surface area contributed by atoms with E-state index in [1.54, 1.807) is 36.4 Å². The van der Waals surface area contributed by atoms with Crippen molar-refractivity contribution in [3.05, 3.63) is 76.1 Å². The van der Waals surface area contributed by atoms with Crippen LogP contribution in [-0.2, 0) is 11.0 Å². The van der Waals surface area contributed by atoms with Crippen molar-refractivity contribution in [1.82, 2.24) is 14.8 Å². The van der Waals surface area contributed by atoms with Crippen LogP contribution in [0.15, 0.2) is 58.3 Å². The maximum absolute atomic E-state index is 13.3. The van der Waals surface area contributed by atoms with Gasteiger partial charge in [-0.2, -0.15) is 18.2 Å². The van der Waals surface area contributed by atoms with Crippen LogP contribution in [0.3, 0.4) is 0 Å². The molecule has 6 nitrogen and oxygen atoms in total. The van der Waals surface area contributed by atoms with E-state index >= 15 is 0 Å². The van der Waals surface area contributed by atoms with Gasteiger partial charge < -0.3 is 9.73 Å². The summed E-state index contributed by atoms with van der Waals surface area (Å²) in [7, 11) is 0. The van der Waals surface area contributed by atoms with Crippen molar-refractivity contribution < 1.29 is 22.4 Å². The number of carbonyl (C=O) groups excluding carboxylic acids is 1. The second-order valence-electron chi connectivity index (χ2n) is 7.22. The lowest BCUT2D eigenvalue weighted by Crippen LogP contribution is -2.33. The molecule has 30 heavy (non-hydrogen) atoms. The Morgan fingerprint density at radius 2 is 2.03 bits per heavy atom. The Balaban J connectivity index is 1.65. The van der Waals surface area contributed by atoms with Gasteiger partial charge >= 0.3 is 6.18 Å². The highest BCUT2D eigenvalue weighted by Gasteiger charge is 2.43. The standard InChI is InChI=1S/C20H14ClF3N4O2/c21-12-4-1-3-10(7-12)17-16-13(8-11(9-14(16)29)15-5-2-6-30-15)25-19-26-18(20(22,23)24)27-28(17)19/h1-7,11,17H,8-9H2,(H,25,26,27)/t11-,17-/m1/s1. The Kier molecular flexibility index (Phi) is 4.25. The molecule has 154 valence electrons. The van der Waals surface area contributed by atoms with E-state index in [-0.39, 0.29) is 24.1 Å². The van der Waals surface area contributed by atoms with E-state index in [9.17, 15) is 18.0 Å². The van der Waals surface area contributed by atoms with Gasteiger partial charge in [0.1, 0.15) is 11.8 Å². The molecular weight excluding hydrogens is 421 g/mol. The summed E-state index contributed by atoms with van der Waals surface area (Å²) in [6, 6.07) is 9.32. The van der Waals surface area contributed by atoms with Crippen molar-refractivity contribution in [3.63, 3.8) is 0 Å². The lowest BCUT2D eigenvalue weighted by Gasteiger charge is -2.34. The first-order valence-corrected chi connectivity index (χ1v) is 9.55. The maximum atomic E-state index is 13.3. The fourth-order valence-electron chi connectivity index (χ4n) is 4.04. The van der Waals surface area contributed by atoms with Crippen molar-refractivity contribution in [2.24, 2.45) is 0 Å². The van der Waals surface area contributed by atoms with Crippen LogP contribution in [0.5, 0.6) is 0 Å². The summed E-state index contributed by atoms with van der Waals surface area (Å²) in [6.45, 7) is 0. The van der Waals surface area contributed by atoms with Crippen LogP contribution < -0.4 is 5.32 Å². The van der Waals surface area contributed by atoms with E-state index in [1.807, 2.05) is 0 Å². The van der Waals surface area contributed by atoms with Gasteiger partial charge in [0.15, 0.2) is 5.78 Å². The molecule has 3 aromatic rings. The smallest absolute Gasteiger partial charge is 0.453 e. The number of furan rings is 1. The predicted molar refractivity (Wildman–Crippen MR) is 101 cm³/mol. The zero-order valence-electron chi connectivity index (χ0n) is 15.3. The number of benzene rings is 1. The number of aromatic nitrogens is 3. The zero-order chi connectivity index (χ0) is 21.0. The zero-order valence-corrected chi connectivity index (χ0v) is 16.0. The highest BCUT2D eigenvalue weighted by Crippen LogP contribution is 2.45. The Morgan fingerprint density at radius 3 is 2.73 bits per heavy atom. The number of Topliss-reactive ketones (excluding diaryl/α,β-unsaturated/α-hetero) is 1. The van der Waals surface area contributed by atoms with Gasteiger partial charge in [-0.3, -0.25) is 4.79 Å². The van der Waals surface area contributed by atoms with E-state index < -0.39 is 18.0 Å². The molecule has 2 aromatic heterocycles. The number of carbonyl (C=O) groups is 1. The minimum atomic E-state index is -4.72. The van der Waals surface area contributed by atoms with Gasteiger partial charge in [-0.25, -0.2) is 4.68 Å².